The number of hydrogen-bond acceptors (Lipinski definition) is 9. The summed E-state index contributed by atoms with van der Waals surface area (Å²) in [4.78, 5) is 19.4. The number of ether oxygens (including phenoxy) is 3. The molecule has 3 N–H and O–H groups in total. The summed E-state index contributed by atoms with van der Waals surface area (Å²) in [6.07, 6.45) is 0.0379. The zero-order valence-electron chi connectivity index (χ0n) is 26.5. The number of nitrogens with one attached hydrogen (secondary N) is 2. The number of carbonyl (C=O) groups is 1. The lowest BCUT2D eigenvalue weighted by Crippen LogP contribution is -2.53. The van der Waals surface area contributed by atoms with Gasteiger partial charge in [-0.1, -0.05) is 58.4 Å². The molecule has 0 fully saturated rings. The van der Waals surface area contributed by atoms with Crippen LogP contribution in [0.25, 0.3) is 0 Å². The Morgan fingerprint density at radius 2 is 1.65 bits per heavy atom. The summed E-state index contributed by atoms with van der Waals surface area (Å²) in [5.74, 6) is 0.697. The summed E-state index contributed by atoms with van der Waals surface area (Å²) in [5, 5.41) is 9.06. The van der Waals surface area contributed by atoms with E-state index in [1.54, 1.807) is 61.7 Å². The third-order valence-electron chi connectivity index (χ3n) is 7.96. The molecule has 0 aromatic heterocycles. The van der Waals surface area contributed by atoms with Gasteiger partial charge >= 0.3 is 0 Å². The van der Waals surface area contributed by atoms with Gasteiger partial charge in [-0.2, -0.15) is 0 Å². The standard InChI is InChI=1S/C36H38BrN3O7S/c1-45-30-16-8-26(9-17-30)20-22-38-40-35(42)36(21-25-48(43,44)32-6-3-2-4-7-32)33(27-10-14-29(37)15-11-27)47-34(39-36)28-12-18-31(19-13-28)46-24-5-23-41/h2-4,6-19,33,38,41H,5,20-25H2,1H3,(H,40,42)/t33-,36-/m0/s1. The molecule has 4 aromatic rings. The number of halogens is 1. The van der Waals surface area contributed by atoms with Crippen molar-refractivity contribution in [3.63, 3.8) is 0 Å². The number of hydrogen-bond donors (Lipinski definition) is 3. The van der Waals surface area contributed by atoms with Gasteiger partial charge in [0.2, 0.25) is 5.90 Å². The number of carbonyl (C=O) groups excluding carboxylic acids is 1. The summed E-state index contributed by atoms with van der Waals surface area (Å²) < 4.78 is 45.3. The second-order valence-electron chi connectivity index (χ2n) is 11.2. The fraction of sp³-hybridized carbons (Fsp3) is 0.278. The third kappa shape index (κ3) is 8.62. The van der Waals surface area contributed by atoms with Gasteiger partial charge in [-0.15, -0.1) is 0 Å². The maximum absolute atomic E-state index is 14.3. The second-order valence-corrected chi connectivity index (χ2v) is 14.2. The average molecular weight is 737 g/mol. The number of methoxy groups -OCH3 is 1. The van der Waals surface area contributed by atoms with E-state index in [0.29, 0.717) is 42.9 Å². The summed E-state index contributed by atoms with van der Waals surface area (Å²) in [6.45, 7) is 0.804. The highest BCUT2D eigenvalue weighted by molar-refractivity contribution is 9.10. The normalized spacial score (nSPS) is 17.3. The average Bonchev–Trinajstić information content (AvgIpc) is 3.51. The van der Waals surface area contributed by atoms with Gasteiger partial charge in [-0.3, -0.25) is 10.2 Å². The first-order valence-electron chi connectivity index (χ1n) is 15.5. The van der Waals surface area contributed by atoms with Crippen molar-refractivity contribution in [2.75, 3.05) is 32.6 Å². The minimum Gasteiger partial charge on any atom is -0.497 e. The minimum atomic E-state index is -3.77. The highest BCUT2D eigenvalue weighted by Gasteiger charge is 2.53. The van der Waals surface area contributed by atoms with Crippen molar-refractivity contribution in [3.8, 4) is 11.5 Å². The van der Waals surface area contributed by atoms with Gasteiger partial charge in [0.25, 0.3) is 5.91 Å². The topological polar surface area (TPSA) is 136 Å². The van der Waals surface area contributed by atoms with E-state index in [-0.39, 0.29) is 29.6 Å². The van der Waals surface area contributed by atoms with Crippen LogP contribution in [0.3, 0.4) is 0 Å². The van der Waals surface area contributed by atoms with E-state index in [9.17, 15) is 13.2 Å². The van der Waals surface area contributed by atoms with E-state index in [2.05, 4.69) is 26.8 Å². The Labute approximate surface area is 289 Å². The Kier molecular flexibility index (Phi) is 11.9. The summed E-state index contributed by atoms with van der Waals surface area (Å²) in [5.41, 5.74) is 6.48. The van der Waals surface area contributed by atoms with E-state index in [4.69, 9.17) is 24.3 Å². The van der Waals surface area contributed by atoms with E-state index in [1.165, 1.54) is 0 Å². The lowest BCUT2D eigenvalue weighted by Gasteiger charge is -2.30. The number of sulfone groups is 1. The highest BCUT2D eigenvalue weighted by Crippen LogP contribution is 2.43. The molecule has 4 aromatic carbocycles. The minimum absolute atomic E-state index is 0.0284. The Hall–Kier alpha value is -4.23. The lowest BCUT2D eigenvalue weighted by atomic mass is 9.85. The first kappa shape index (κ1) is 35.1. The first-order chi connectivity index (χ1) is 23.2. The van der Waals surface area contributed by atoms with Crippen LogP contribution in [0.15, 0.2) is 117 Å². The maximum Gasteiger partial charge on any atom is 0.266 e. The van der Waals surface area contributed by atoms with E-state index in [1.807, 2.05) is 48.5 Å². The van der Waals surface area contributed by atoms with Crippen molar-refractivity contribution >= 4 is 37.6 Å². The zero-order chi connectivity index (χ0) is 34.0. The first-order valence-corrected chi connectivity index (χ1v) is 18.0. The van der Waals surface area contributed by atoms with Crippen LogP contribution < -0.4 is 20.3 Å². The number of amides is 1. The molecule has 0 radical (unpaired) electrons. The van der Waals surface area contributed by atoms with Crippen LogP contribution in [0.1, 0.15) is 35.6 Å². The number of rotatable bonds is 16. The Morgan fingerprint density at radius 3 is 2.31 bits per heavy atom. The molecule has 5 rings (SSSR count). The molecular weight excluding hydrogens is 698 g/mol. The quantitative estimate of drug-likeness (QED) is 0.106. The predicted octanol–water partition coefficient (Wildman–Crippen LogP) is 5.20. The predicted molar refractivity (Wildman–Crippen MR) is 187 cm³/mol. The van der Waals surface area contributed by atoms with E-state index in [0.717, 1.165) is 15.8 Å². The fourth-order valence-corrected chi connectivity index (χ4v) is 6.95. The van der Waals surface area contributed by atoms with Crippen molar-refractivity contribution in [1.29, 1.82) is 0 Å². The van der Waals surface area contributed by atoms with Crippen LogP contribution in [0, 0.1) is 0 Å². The molecule has 0 spiro atoms. The van der Waals surface area contributed by atoms with Gasteiger partial charge in [0, 0.05) is 36.0 Å². The number of aliphatic hydroxyl groups is 1. The van der Waals surface area contributed by atoms with Gasteiger partial charge in [0.1, 0.15) is 11.5 Å². The number of aliphatic hydroxyl groups excluding tert-OH is 1. The summed E-state index contributed by atoms with van der Waals surface area (Å²) in [7, 11) is -2.16. The lowest BCUT2D eigenvalue weighted by molar-refractivity contribution is -0.130. The van der Waals surface area contributed by atoms with Crippen molar-refractivity contribution in [1.82, 2.24) is 10.9 Å². The molecule has 0 aliphatic carbocycles. The summed E-state index contributed by atoms with van der Waals surface area (Å²) >= 11 is 3.47. The molecule has 1 heterocycles. The molecule has 252 valence electrons. The monoisotopic (exact) mass is 735 g/mol. The van der Waals surface area contributed by atoms with Crippen LogP contribution in [0.5, 0.6) is 11.5 Å². The second kappa shape index (κ2) is 16.2. The van der Waals surface area contributed by atoms with Crippen LogP contribution in [0.4, 0.5) is 0 Å². The van der Waals surface area contributed by atoms with Gasteiger partial charge in [-0.05, 0) is 78.2 Å². The van der Waals surface area contributed by atoms with Crippen LogP contribution in [0.2, 0.25) is 0 Å². The molecule has 1 aliphatic rings. The van der Waals surface area contributed by atoms with Gasteiger partial charge in [-0.25, -0.2) is 18.8 Å². The largest absolute Gasteiger partial charge is 0.497 e. The highest BCUT2D eigenvalue weighted by atomic mass is 79.9. The Bertz CT molecular complexity index is 1790. The molecule has 0 saturated carbocycles. The van der Waals surface area contributed by atoms with Crippen LogP contribution >= 0.6 is 15.9 Å². The van der Waals surface area contributed by atoms with Crippen molar-refractivity contribution in [2.45, 2.75) is 35.8 Å². The molecule has 12 heteroatoms. The fourth-order valence-electron chi connectivity index (χ4n) is 5.29. The third-order valence-corrected chi connectivity index (χ3v) is 10.2. The maximum atomic E-state index is 14.3. The van der Waals surface area contributed by atoms with Crippen LogP contribution in [-0.4, -0.2) is 63.5 Å². The molecule has 0 unspecified atom stereocenters. The molecule has 48 heavy (non-hydrogen) atoms. The van der Waals surface area contributed by atoms with Gasteiger partial charge in [0.05, 0.1) is 24.4 Å². The summed E-state index contributed by atoms with van der Waals surface area (Å²) in [6, 6.07) is 30.2. The Balaban J connectivity index is 1.46. The molecule has 1 amide bonds. The number of hydrazine groups is 1. The number of benzene rings is 4. The smallest absolute Gasteiger partial charge is 0.266 e. The number of nitrogens with zero attached hydrogens (tertiary/aromatic N) is 1. The molecule has 1 aliphatic heterocycles. The molecule has 10 nitrogen and oxygen atoms in total. The van der Waals surface area contributed by atoms with Crippen molar-refractivity contribution < 1.29 is 32.5 Å². The van der Waals surface area contributed by atoms with Crippen molar-refractivity contribution in [2.24, 2.45) is 4.99 Å². The van der Waals surface area contributed by atoms with E-state index < -0.39 is 27.4 Å². The van der Waals surface area contributed by atoms with Crippen LogP contribution in [-0.2, 0) is 25.8 Å². The zero-order valence-corrected chi connectivity index (χ0v) is 28.9. The molecule has 0 bridgehead atoms. The molecule has 2 atom stereocenters. The molecular formula is C36H38BrN3O7S. The number of aliphatic imine (C=N–C) groups is 1. The van der Waals surface area contributed by atoms with E-state index >= 15 is 0 Å². The molecule has 0 saturated heterocycles. The SMILES string of the molecule is COc1ccc(CCNNC(=O)[C@@]2(CCS(=O)(=O)c3ccccc3)N=C(c3ccc(OCCCO)cc3)O[C@H]2c2ccc(Br)cc2)cc1. The van der Waals surface area contributed by atoms with Gasteiger partial charge in [0.15, 0.2) is 21.5 Å². The Morgan fingerprint density at radius 1 is 0.958 bits per heavy atom. The van der Waals surface area contributed by atoms with Crippen molar-refractivity contribution in [3.05, 3.63) is 124 Å². The van der Waals surface area contributed by atoms with Gasteiger partial charge < -0.3 is 19.3 Å².